The van der Waals surface area contributed by atoms with Crippen molar-refractivity contribution < 1.29 is 27.8 Å². The first-order valence-corrected chi connectivity index (χ1v) is 11.5. The van der Waals surface area contributed by atoms with Crippen molar-refractivity contribution in [2.24, 2.45) is 12.8 Å². The normalized spacial score (nSPS) is 18.8. The Labute approximate surface area is 204 Å². The maximum absolute atomic E-state index is 13.5. The first kappa shape index (κ1) is 24.1. The highest BCUT2D eigenvalue weighted by molar-refractivity contribution is 6.00. The Balaban J connectivity index is 1.63. The number of fused-ring (bicyclic) bond motifs is 2. The number of para-hydroxylation sites is 1. The number of likely N-dealkylation sites (tertiary alicyclic amines) is 1. The van der Waals surface area contributed by atoms with Gasteiger partial charge >= 0.3 is 6.18 Å². The van der Waals surface area contributed by atoms with Gasteiger partial charge < -0.3 is 29.6 Å². The van der Waals surface area contributed by atoms with Gasteiger partial charge in [0.15, 0.2) is 5.82 Å². The van der Waals surface area contributed by atoms with E-state index >= 15 is 0 Å². The Hall–Kier alpha value is -3.57. The molecule has 0 saturated carbocycles. The standard InChI is InChI=1S/C25H26F3N5O3/c1-31-22-17(9-15(11-21(22)36-2)24(35)32-8-7-20(34)16(29)12-32)30-23(31)19-10-14-5-3-4-6-18(14)33(19)13-25(26,27)28/h3-6,9-11,16,20,34H,7-8,12-13,29H2,1-2H3/t16-,20?/m0/s1. The summed E-state index contributed by atoms with van der Waals surface area (Å²) in [6.07, 6.45) is -4.71. The molecular formula is C25H26F3N5O3. The minimum Gasteiger partial charge on any atom is -0.494 e. The molecule has 3 N–H and O–H groups in total. The smallest absolute Gasteiger partial charge is 0.406 e. The predicted octanol–water partition coefficient (Wildman–Crippen LogP) is 3.30. The molecule has 1 amide bonds. The third-order valence-corrected chi connectivity index (χ3v) is 6.69. The molecule has 0 bridgehead atoms. The van der Waals surface area contributed by atoms with Gasteiger partial charge in [-0.2, -0.15) is 13.2 Å². The molecule has 1 unspecified atom stereocenters. The number of imidazole rings is 1. The molecule has 3 heterocycles. The zero-order chi connectivity index (χ0) is 25.8. The van der Waals surface area contributed by atoms with Crippen LogP contribution in [0.1, 0.15) is 16.8 Å². The number of amides is 1. The first-order valence-electron chi connectivity index (χ1n) is 11.5. The number of nitrogens with two attached hydrogens (primary N) is 1. The summed E-state index contributed by atoms with van der Waals surface area (Å²) in [6, 6.07) is 11.2. The van der Waals surface area contributed by atoms with Crippen molar-refractivity contribution in [2.45, 2.75) is 31.3 Å². The minimum absolute atomic E-state index is 0.214. The van der Waals surface area contributed by atoms with Gasteiger partial charge in [-0.25, -0.2) is 4.98 Å². The summed E-state index contributed by atoms with van der Waals surface area (Å²) in [5.74, 6) is 0.407. The highest BCUT2D eigenvalue weighted by atomic mass is 19.4. The molecule has 1 saturated heterocycles. The fourth-order valence-electron chi connectivity index (χ4n) is 4.90. The fraction of sp³-hybridized carbons (Fsp3) is 0.360. The monoisotopic (exact) mass is 501 g/mol. The van der Waals surface area contributed by atoms with E-state index < -0.39 is 24.9 Å². The summed E-state index contributed by atoms with van der Waals surface area (Å²) in [5, 5.41) is 10.6. The van der Waals surface area contributed by atoms with Crippen molar-refractivity contribution in [1.82, 2.24) is 19.0 Å². The van der Waals surface area contributed by atoms with E-state index in [-0.39, 0.29) is 12.5 Å². The molecule has 8 nitrogen and oxygen atoms in total. The molecule has 11 heteroatoms. The van der Waals surface area contributed by atoms with Crippen molar-refractivity contribution in [3.63, 3.8) is 0 Å². The number of benzene rings is 2. The van der Waals surface area contributed by atoms with Gasteiger partial charge in [-0.3, -0.25) is 4.79 Å². The molecule has 1 aliphatic heterocycles. The van der Waals surface area contributed by atoms with E-state index in [1.54, 1.807) is 59.0 Å². The van der Waals surface area contributed by atoms with Gasteiger partial charge in [0.05, 0.1) is 24.4 Å². The third-order valence-electron chi connectivity index (χ3n) is 6.69. The van der Waals surface area contributed by atoms with Crippen LogP contribution in [0.5, 0.6) is 5.75 Å². The van der Waals surface area contributed by atoms with Gasteiger partial charge in [-0.1, -0.05) is 18.2 Å². The number of halogens is 3. The fourth-order valence-corrected chi connectivity index (χ4v) is 4.90. The van der Waals surface area contributed by atoms with Crippen LogP contribution < -0.4 is 10.5 Å². The number of carbonyl (C=O) groups is 1. The average Bonchev–Trinajstić information content (AvgIpc) is 3.36. The van der Waals surface area contributed by atoms with Gasteiger partial charge in [-0.15, -0.1) is 0 Å². The maximum Gasteiger partial charge on any atom is 0.406 e. The lowest BCUT2D eigenvalue weighted by molar-refractivity contribution is -0.139. The molecule has 190 valence electrons. The zero-order valence-electron chi connectivity index (χ0n) is 19.8. The number of hydrogen-bond donors (Lipinski definition) is 2. The molecule has 4 aromatic rings. The molecule has 0 radical (unpaired) electrons. The van der Waals surface area contributed by atoms with Gasteiger partial charge in [-0.05, 0) is 30.7 Å². The summed E-state index contributed by atoms with van der Waals surface area (Å²) in [5.41, 5.74) is 7.99. The number of piperidine rings is 1. The van der Waals surface area contributed by atoms with Crippen LogP contribution >= 0.6 is 0 Å². The molecule has 1 aliphatic rings. The zero-order valence-corrected chi connectivity index (χ0v) is 19.8. The van der Waals surface area contributed by atoms with Crippen molar-refractivity contribution >= 4 is 27.8 Å². The largest absolute Gasteiger partial charge is 0.494 e. The van der Waals surface area contributed by atoms with E-state index in [1.165, 1.54) is 11.7 Å². The summed E-state index contributed by atoms with van der Waals surface area (Å²) >= 11 is 0. The van der Waals surface area contributed by atoms with Gasteiger partial charge in [0, 0.05) is 42.6 Å². The SMILES string of the molecule is COc1cc(C(=O)N2CCC(O)[C@@H](N)C2)cc2nc(-c3cc4ccccc4n3CC(F)(F)F)n(C)c12. The maximum atomic E-state index is 13.5. The van der Waals surface area contributed by atoms with Crippen LogP contribution in [0, 0.1) is 0 Å². The molecule has 1 fully saturated rings. The van der Waals surface area contributed by atoms with Crippen molar-refractivity contribution in [3.8, 4) is 17.3 Å². The second kappa shape index (κ2) is 8.82. The van der Waals surface area contributed by atoms with Gasteiger partial charge in [0.2, 0.25) is 0 Å². The number of rotatable bonds is 4. The van der Waals surface area contributed by atoms with Crippen molar-refractivity contribution in [3.05, 3.63) is 48.0 Å². The molecule has 2 aromatic heterocycles. The van der Waals surface area contributed by atoms with Crippen molar-refractivity contribution in [1.29, 1.82) is 0 Å². The summed E-state index contributed by atoms with van der Waals surface area (Å²) < 4.78 is 48.9. The van der Waals surface area contributed by atoms with Crippen LogP contribution in [-0.2, 0) is 13.6 Å². The lowest BCUT2D eigenvalue weighted by Crippen LogP contribution is -2.53. The number of methoxy groups -OCH3 is 1. The van der Waals surface area contributed by atoms with Crippen LogP contribution in [0.3, 0.4) is 0 Å². The minimum atomic E-state index is -4.43. The Morgan fingerprint density at radius 1 is 1.25 bits per heavy atom. The number of alkyl halides is 3. The molecule has 0 aliphatic carbocycles. The second-order valence-electron chi connectivity index (χ2n) is 9.10. The third kappa shape index (κ3) is 4.18. The molecule has 2 aromatic carbocycles. The average molecular weight is 502 g/mol. The van der Waals surface area contributed by atoms with Crippen LogP contribution in [0.2, 0.25) is 0 Å². The molecular weight excluding hydrogens is 475 g/mol. The summed E-state index contributed by atoms with van der Waals surface area (Å²) in [6.45, 7) is -0.592. The Morgan fingerprint density at radius 3 is 2.69 bits per heavy atom. The van der Waals surface area contributed by atoms with Crippen molar-refractivity contribution in [2.75, 3.05) is 20.2 Å². The molecule has 0 spiro atoms. The van der Waals surface area contributed by atoms with Crippen LogP contribution in [0.4, 0.5) is 13.2 Å². The molecule has 2 atom stereocenters. The predicted molar refractivity (Wildman–Crippen MR) is 129 cm³/mol. The first-order chi connectivity index (χ1) is 17.1. The summed E-state index contributed by atoms with van der Waals surface area (Å²) in [7, 11) is 3.17. The van der Waals surface area contributed by atoms with E-state index in [9.17, 15) is 23.1 Å². The number of aryl methyl sites for hydroxylation is 1. The van der Waals surface area contributed by atoms with E-state index in [4.69, 9.17) is 10.5 Å². The highest BCUT2D eigenvalue weighted by Crippen LogP contribution is 2.35. The Morgan fingerprint density at radius 2 is 2.00 bits per heavy atom. The number of carbonyl (C=O) groups excluding carboxylic acids is 1. The number of aliphatic hydroxyl groups excluding tert-OH is 1. The van der Waals surface area contributed by atoms with E-state index in [0.717, 1.165) is 0 Å². The number of ether oxygens (including phenoxy) is 1. The van der Waals surface area contributed by atoms with Crippen LogP contribution in [0.15, 0.2) is 42.5 Å². The lowest BCUT2D eigenvalue weighted by Gasteiger charge is -2.34. The Kier molecular flexibility index (Phi) is 5.92. The number of nitrogens with zero attached hydrogens (tertiary/aromatic N) is 4. The summed E-state index contributed by atoms with van der Waals surface area (Å²) in [4.78, 5) is 19.4. The van der Waals surface area contributed by atoms with Gasteiger partial charge in [0.25, 0.3) is 5.91 Å². The van der Waals surface area contributed by atoms with E-state index in [1.807, 2.05) is 0 Å². The lowest BCUT2D eigenvalue weighted by atomic mass is 10.0. The van der Waals surface area contributed by atoms with Crippen LogP contribution in [-0.4, -0.2) is 68.6 Å². The number of aliphatic hydroxyl groups is 1. The number of aromatic nitrogens is 3. The second-order valence-corrected chi connectivity index (χ2v) is 9.10. The quantitative estimate of drug-likeness (QED) is 0.447. The topological polar surface area (TPSA) is 98.5 Å². The molecule has 36 heavy (non-hydrogen) atoms. The Bertz CT molecular complexity index is 1460. The number of hydrogen-bond acceptors (Lipinski definition) is 5. The van der Waals surface area contributed by atoms with Gasteiger partial charge in [0.1, 0.15) is 17.8 Å². The van der Waals surface area contributed by atoms with E-state index in [0.29, 0.717) is 57.7 Å². The van der Waals surface area contributed by atoms with E-state index in [2.05, 4.69) is 4.98 Å². The van der Waals surface area contributed by atoms with Crippen LogP contribution in [0.25, 0.3) is 33.5 Å². The highest BCUT2D eigenvalue weighted by Gasteiger charge is 2.32. The molecule has 5 rings (SSSR count).